The maximum atomic E-state index is 11.1. The standard InChI is InChI=1S/C18H28N4O7/c19-14(17(24)25)5-1-2-7-22-9-12(4-3-6-21-11-29-28)13(16(23)10-22)8-15(20)18(26)27/h6,9-10,14-15H,1-5,7-8,11,19-20H2,(H3-,23,24,25,26,27,28)/p+1. The van der Waals surface area contributed by atoms with Gasteiger partial charge < -0.3 is 26.8 Å². The number of carboxylic acids is 2. The van der Waals surface area contributed by atoms with Crippen molar-refractivity contribution in [2.75, 3.05) is 6.73 Å². The number of unbranched alkanes of at least 4 members (excludes halogenated alkanes) is 1. The fraction of sp³-hybridized carbons (Fsp3) is 0.556. The van der Waals surface area contributed by atoms with Crippen LogP contribution in [0.3, 0.4) is 0 Å². The van der Waals surface area contributed by atoms with E-state index in [1.807, 2.05) is 0 Å². The average Bonchev–Trinajstić information content (AvgIpc) is 2.66. The fourth-order valence-electron chi connectivity index (χ4n) is 2.78. The minimum atomic E-state index is -1.16. The molecule has 1 aromatic heterocycles. The molecule has 0 aliphatic carbocycles. The molecule has 0 spiro atoms. The van der Waals surface area contributed by atoms with Crippen molar-refractivity contribution in [2.24, 2.45) is 16.5 Å². The van der Waals surface area contributed by atoms with E-state index in [0.717, 1.165) is 5.56 Å². The number of nitrogens with zero attached hydrogens (tertiary/aromatic N) is 2. The maximum absolute atomic E-state index is 11.1. The van der Waals surface area contributed by atoms with Gasteiger partial charge in [0.15, 0.2) is 18.7 Å². The highest BCUT2D eigenvalue weighted by molar-refractivity contribution is 5.74. The van der Waals surface area contributed by atoms with Crippen LogP contribution in [0.1, 0.15) is 36.8 Å². The summed E-state index contributed by atoms with van der Waals surface area (Å²) in [5.41, 5.74) is 12.3. The zero-order valence-corrected chi connectivity index (χ0v) is 16.1. The minimum Gasteiger partial charge on any atom is -0.503 e. The summed E-state index contributed by atoms with van der Waals surface area (Å²) >= 11 is 0. The first kappa shape index (κ1) is 24.4. The molecule has 2 unspecified atom stereocenters. The summed E-state index contributed by atoms with van der Waals surface area (Å²) in [5, 5.41) is 36.5. The van der Waals surface area contributed by atoms with Gasteiger partial charge in [0, 0.05) is 30.2 Å². The van der Waals surface area contributed by atoms with Crippen LogP contribution >= 0.6 is 0 Å². The van der Waals surface area contributed by atoms with Gasteiger partial charge in [0.05, 0.1) is 0 Å². The van der Waals surface area contributed by atoms with Gasteiger partial charge in [0.2, 0.25) is 6.20 Å². The Morgan fingerprint density at radius 2 is 1.86 bits per heavy atom. The van der Waals surface area contributed by atoms with Gasteiger partial charge in [-0.1, -0.05) is 0 Å². The Morgan fingerprint density at radius 1 is 1.17 bits per heavy atom. The number of pyridine rings is 1. The number of carbonyl (C=O) groups is 2. The Labute approximate surface area is 168 Å². The first-order valence-corrected chi connectivity index (χ1v) is 9.21. The molecule has 1 aromatic rings. The van der Waals surface area contributed by atoms with E-state index in [4.69, 9.17) is 26.9 Å². The first-order valence-electron chi connectivity index (χ1n) is 9.21. The van der Waals surface area contributed by atoms with Crippen molar-refractivity contribution in [3.8, 4) is 5.75 Å². The van der Waals surface area contributed by atoms with Gasteiger partial charge in [-0.25, -0.2) is 14.7 Å². The van der Waals surface area contributed by atoms with Crippen LogP contribution in [0.2, 0.25) is 0 Å². The summed E-state index contributed by atoms with van der Waals surface area (Å²) in [6.45, 7) is 0.347. The Bertz CT molecular complexity index is 712. The molecule has 2 atom stereocenters. The largest absolute Gasteiger partial charge is 0.503 e. The molecule has 0 radical (unpaired) electrons. The summed E-state index contributed by atoms with van der Waals surface area (Å²) in [4.78, 5) is 29.5. The second-order valence-corrected chi connectivity index (χ2v) is 6.64. The third kappa shape index (κ3) is 8.96. The average molecular weight is 413 g/mol. The molecule has 8 N–H and O–H groups in total. The Morgan fingerprint density at radius 3 is 2.48 bits per heavy atom. The number of carboxylic acid groups (broad SMARTS) is 2. The van der Waals surface area contributed by atoms with E-state index in [0.29, 0.717) is 44.2 Å². The third-order valence-corrected chi connectivity index (χ3v) is 4.35. The molecule has 162 valence electrons. The van der Waals surface area contributed by atoms with Crippen molar-refractivity contribution in [2.45, 2.75) is 57.2 Å². The Balaban J connectivity index is 2.87. The lowest BCUT2D eigenvalue weighted by atomic mass is 9.98. The molecule has 1 rings (SSSR count). The van der Waals surface area contributed by atoms with Gasteiger partial charge in [-0.05, 0) is 25.7 Å². The van der Waals surface area contributed by atoms with Crippen LogP contribution in [0.4, 0.5) is 0 Å². The van der Waals surface area contributed by atoms with Gasteiger partial charge in [0.1, 0.15) is 18.6 Å². The Hall–Kier alpha value is -2.60. The second-order valence-electron chi connectivity index (χ2n) is 6.64. The van der Waals surface area contributed by atoms with Crippen LogP contribution < -0.4 is 16.0 Å². The number of hydrogen-bond donors (Lipinski definition) is 6. The highest BCUT2D eigenvalue weighted by Gasteiger charge is 2.21. The van der Waals surface area contributed by atoms with Crippen molar-refractivity contribution in [3.05, 3.63) is 23.5 Å². The van der Waals surface area contributed by atoms with E-state index < -0.39 is 24.0 Å². The van der Waals surface area contributed by atoms with Crippen molar-refractivity contribution >= 4 is 18.2 Å². The molecule has 0 saturated carbocycles. The first-order chi connectivity index (χ1) is 13.8. The lowest BCUT2D eigenvalue weighted by molar-refractivity contribution is -0.698. The number of rotatable bonds is 14. The van der Waals surface area contributed by atoms with E-state index in [-0.39, 0.29) is 18.9 Å². The smallest absolute Gasteiger partial charge is 0.320 e. The molecule has 0 bridgehead atoms. The topological polar surface area (TPSA) is 193 Å². The number of hydrogen-bond acceptors (Lipinski definition) is 8. The van der Waals surface area contributed by atoms with Crippen molar-refractivity contribution in [1.82, 2.24) is 0 Å². The van der Waals surface area contributed by atoms with E-state index in [1.54, 1.807) is 17.0 Å². The molecule has 29 heavy (non-hydrogen) atoms. The van der Waals surface area contributed by atoms with Crippen LogP contribution in [-0.2, 0) is 33.9 Å². The van der Waals surface area contributed by atoms with Crippen LogP contribution in [0.5, 0.6) is 5.75 Å². The number of aromatic hydroxyl groups is 1. The Kier molecular flexibility index (Phi) is 10.8. The van der Waals surface area contributed by atoms with Gasteiger partial charge in [-0.3, -0.25) is 14.6 Å². The van der Waals surface area contributed by atoms with Crippen LogP contribution in [-0.4, -0.2) is 57.5 Å². The summed E-state index contributed by atoms with van der Waals surface area (Å²) < 4.78 is 1.76. The predicted octanol–water partition coefficient (Wildman–Crippen LogP) is -0.333. The van der Waals surface area contributed by atoms with Crippen LogP contribution in [0, 0.1) is 0 Å². The molecule has 0 fully saturated rings. The number of aromatic nitrogens is 1. The lowest BCUT2D eigenvalue weighted by Gasteiger charge is -2.12. The summed E-state index contributed by atoms with van der Waals surface area (Å²) in [6, 6.07) is -2.05. The molecular formula is C18H29N4O7+. The van der Waals surface area contributed by atoms with Crippen LogP contribution in [0.15, 0.2) is 17.4 Å². The van der Waals surface area contributed by atoms with E-state index in [2.05, 4.69) is 9.88 Å². The highest BCUT2D eigenvalue weighted by atomic mass is 17.1. The fourth-order valence-corrected chi connectivity index (χ4v) is 2.78. The van der Waals surface area contributed by atoms with Gasteiger partial charge in [-0.15, -0.1) is 0 Å². The number of aryl methyl sites for hydroxylation is 2. The predicted molar refractivity (Wildman–Crippen MR) is 102 cm³/mol. The normalized spacial score (nSPS) is 13.5. The second kappa shape index (κ2) is 12.8. The van der Waals surface area contributed by atoms with Crippen LogP contribution in [0.25, 0.3) is 0 Å². The van der Waals surface area contributed by atoms with E-state index >= 15 is 0 Å². The molecule has 11 nitrogen and oxygen atoms in total. The highest BCUT2D eigenvalue weighted by Crippen LogP contribution is 2.22. The molecule has 1 heterocycles. The number of nitrogens with two attached hydrogens (primary N) is 2. The molecule has 0 aliphatic heterocycles. The molecule has 0 aromatic carbocycles. The molecule has 0 saturated heterocycles. The molecule has 11 heteroatoms. The van der Waals surface area contributed by atoms with Crippen molar-refractivity contribution in [3.63, 3.8) is 0 Å². The zero-order chi connectivity index (χ0) is 21.8. The minimum absolute atomic E-state index is 0.0261. The summed E-state index contributed by atoms with van der Waals surface area (Å²) in [6.07, 6.45) is 7.40. The van der Waals surface area contributed by atoms with Gasteiger partial charge >= 0.3 is 11.9 Å². The molecule has 0 aliphatic rings. The van der Waals surface area contributed by atoms with Gasteiger partial charge in [0.25, 0.3) is 0 Å². The zero-order valence-electron chi connectivity index (χ0n) is 16.1. The summed E-state index contributed by atoms with van der Waals surface area (Å²) in [5.74, 6) is -2.26. The van der Waals surface area contributed by atoms with Crippen molar-refractivity contribution in [1.29, 1.82) is 0 Å². The lowest BCUT2D eigenvalue weighted by Crippen LogP contribution is -2.36. The van der Waals surface area contributed by atoms with Gasteiger partial charge in [-0.2, -0.15) is 0 Å². The molecular weight excluding hydrogens is 384 g/mol. The monoisotopic (exact) mass is 413 g/mol. The van der Waals surface area contributed by atoms with E-state index in [1.165, 1.54) is 6.20 Å². The molecule has 0 amide bonds. The third-order valence-electron chi connectivity index (χ3n) is 4.35. The van der Waals surface area contributed by atoms with Crippen molar-refractivity contribution < 1.29 is 39.6 Å². The quantitative estimate of drug-likeness (QED) is 0.0778. The summed E-state index contributed by atoms with van der Waals surface area (Å²) in [7, 11) is 0. The maximum Gasteiger partial charge on any atom is 0.320 e. The van der Waals surface area contributed by atoms with E-state index in [9.17, 15) is 14.7 Å². The SMILES string of the molecule is NC(CCCC[n+]1cc(O)c(CC(N)C(=O)O)c(CCC=NCOO)c1)C(=O)O. The number of aliphatic imine (C=N–C) groups is 1. The number of aliphatic carboxylic acids is 2.